The maximum absolute atomic E-state index is 6.03. The molecule has 84 valence electrons. The Balaban J connectivity index is 2.11. The first-order chi connectivity index (χ1) is 7.68. The maximum Gasteiger partial charge on any atom is 0.145 e. The van der Waals surface area contributed by atoms with Crippen molar-refractivity contribution < 1.29 is 0 Å². The summed E-state index contributed by atoms with van der Waals surface area (Å²) in [5.74, 6) is 0.888. The Kier molecular flexibility index (Phi) is 3.10. The molecule has 0 atom stereocenters. The minimum atomic E-state index is 0.637. The molecule has 0 saturated carbocycles. The Morgan fingerprint density at radius 1 is 1.44 bits per heavy atom. The second-order valence-corrected chi connectivity index (χ2v) is 3.97. The topological polar surface area (TPSA) is 42.7 Å². The molecule has 1 aromatic carbocycles. The molecule has 0 spiro atoms. The van der Waals surface area contributed by atoms with Crippen LogP contribution in [-0.4, -0.2) is 14.8 Å². The summed E-state index contributed by atoms with van der Waals surface area (Å²) in [6.07, 6.45) is 1.54. The molecule has 0 fully saturated rings. The number of aryl methyl sites for hydroxylation is 1. The summed E-state index contributed by atoms with van der Waals surface area (Å²) in [6.45, 7) is 2.62. The molecule has 4 nitrogen and oxygen atoms in total. The molecule has 0 aliphatic carbocycles. The molecule has 0 aliphatic rings. The van der Waals surface area contributed by atoms with Crippen LogP contribution in [-0.2, 0) is 13.6 Å². The fourth-order valence-electron chi connectivity index (χ4n) is 1.45. The minimum absolute atomic E-state index is 0.637. The van der Waals surface area contributed by atoms with E-state index in [4.69, 9.17) is 11.6 Å². The minimum Gasteiger partial charge on any atom is -0.377 e. The lowest BCUT2D eigenvalue weighted by atomic mass is 10.2. The van der Waals surface area contributed by atoms with Crippen LogP contribution in [0.1, 0.15) is 11.4 Å². The Morgan fingerprint density at radius 2 is 2.25 bits per heavy atom. The van der Waals surface area contributed by atoms with Crippen LogP contribution in [0, 0.1) is 6.92 Å². The number of hydrogen-bond donors (Lipinski definition) is 1. The Bertz CT molecular complexity index is 492. The first-order valence-corrected chi connectivity index (χ1v) is 5.38. The van der Waals surface area contributed by atoms with Crippen molar-refractivity contribution in [2.24, 2.45) is 7.05 Å². The van der Waals surface area contributed by atoms with Crippen molar-refractivity contribution >= 4 is 17.3 Å². The van der Waals surface area contributed by atoms with Gasteiger partial charge in [-0.1, -0.05) is 17.7 Å². The molecule has 0 saturated heterocycles. The number of hydrogen-bond acceptors (Lipinski definition) is 3. The van der Waals surface area contributed by atoms with Crippen LogP contribution in [0.2, 0.25) is 5.02 Å². The van der Waals surface area contributed by atoms with E-state index in [1.807, 2.05) is 32.2 Å². The van der Waals surface area contributed by atoms with Crippen LogP contribution >= 0.6 is 11.6 Å². The highest BCUT2D eigenvalue weighted by Crippen LogP contribution is 2.23. The Morgan fingerprint density at radius 3 is 2.94 bits per heavy atom. The molecule has 2 rings (SSSR count). The van der Waals surface area contributed by atoms with Gasteiger partial charge in [-0.2, -0.15) is 5.10 Å². The van der Waals surface area contributed by atoms with Gasteiger partial charge >= 0.3 is 0 Å². The lowest BCUT2D eigenvalue weighted by molar-refractivity contribution is 0.712. The molecule has 2 aromatic rings. The van der Waals surface area contributed by atoms with Crippen molar-refractivity contribution in [1.29, 1.82) is 0 Å². The fraction of sp³-hybridized carbons (Fsp3) is 0.273. The lowest BCUT2D eigenvalue weighted by Gasteiger charge is -2.09. The first kappa shape index (κ1) is 11.0. The summed E-state index contributed by atoms with van der Waals surface area (Å²) >= 11 is 6.03. The van der Waals surface area contributed by atoms with Gasteiger partial charge in [-0.3, -0.25) is 4.68 Å². The standard InChI is InChI=1S/C11H13ClN4/c1-8-9(12)4-3-5-10(8)13-6-11-14-7-15-16(11)2/h3-5,7,13H,6H2,1-2H3. The number of nitrogens with one attached hydrogen (secondary N) is 1. The van der Waals surface area contributed by atoms with E-state index in [1.165, 1.54) is 0 Å². The molecule has 1 aromatic heterocycles. The first-order valence-electron chi connectivity index (χ1n) is 5.00. The molecule has 0 amide bonds. The van der Waals surface area contributed by atoms with E-state index in [1.54, 1.807) is 11.0 Å². The molecule has 0 unspecified atom stereocenters. The number of halogens is 1. The Hall–Kier alpha value is -1.55. The van der Waals surface area contributed by atoms with Gasteiger partial charge in [0.1, 0.15) is 12.2 Å². The normalized spacial score (nSPS) is 10.4. The van der Waals surface area contributed by atoms with Crippen LogP contribution in [0.3, 0.4) is 0 Å². The van der Waals surface area contributed by atoms with Crippen LogP contribution in [0.25, 0.3) is 0 Å². The molecule has 1 N–H and O–H groups in total. The van der Waals surface area contributed by atoms with Crippen molar-refractivity contribution in [1.82, 2.24) is 14.8 Å². The van der Waals surface area contributed by atoms with E-state index >= 15 is 0 Å². The Labute approximate surface area is 99.3 Å². The summed E-state index contributed by atoms with van der Waals surface area (Å²) in [4.78, 5) is 4.14. The number of anilines is 1. The third-order valence-electron chi connectivity index (χ3n) is 2.51. The molecule has 1 heterocycles. The molecule has 0 bridgehead atoms. The molecule has 5 heteroatoms. The van der Waals surface area contributed by atoms with Crippen molar-refractivity contribution in [3.63, 3.8) is 0 Å². The largest absolute Gasteiger partial charge is 0.377 e. The molecular formula is C11H13ClN4. The predicted octanol–water partition coefficient (Wildman–Crippen LogP) is 2.39. The molecule has 0 aliphatic heterocycles. The average Bonchev–Trinajstić information content (AvgIpc) is 2.67. The second-order valence-electron chi connectivity index (χ2n) is 3.57. The monoisotopic (exact) mass is 236 g/mol. The third-order valence-corrected chi connectivity index (χ3v) is 2.92. The van der Waals surface area contributed by atoms with Gasteiger partial charge in [-0.25, -0.2) is 4.98 Å². The van der Waals surface area contributed by atoms with Crippen molar-refractivity contribution in [3.05, 3.63) is 40.9 Å². The predicted molar refractivity (Wildman–Crippen MR) is 64.5 cm³/mol. The lowest BCUT2D eigenvalue weighted by Crippen LogP contribution is -2.07. The van der Waals surface area contributed by atoms with Gasteiger partial charge < -0.3 is 5.32 Å². The molecular weight excluding hydrogens is 224 g/mol. The van der Waals surface area contributed by atoms with Crippen molar-refractivity contribution in [3.8, 4) is 0 Å². The van der Waals surface area contributed by atoms with E-state index in [0.717, 1.165) is 22.1 Å². The van der Waals surface area contributed by atoms with Gasteiger partial charge in [0.2, 0.25) is 0 Å². The van der Waals surface area contributed by atoms with Crippen molar-refractivity contribution in [2.75, 3.05) is 5.32 Å². The number of aromatic nitrogens is 3. The summed E-state index contributed by atoms with van der Waals surface area (Å²) in [7, 11) is 1.87. The SMILES string of the molecule is Cc1c(Cl)cccc1NCc1ncnn1C. The van der Waals surface area contributed by atoms with E-state index in [-0.39, 0.29) is 0 Å². The van der Waals surface area contributed by atoms with Gasteiger partial charge in [0.05, 0.1) is 6.54 Å². The maximum atomic E-state index is 6.03. The summed E-state index contributed by atoms with van der Waals surface area (Å²) < 4.78 is 1.74. The zero-order valence-corrected chi connectivity index (χ0v) is 9.99. The van der Waals surface area contributed by atoms with Gasteiger partial charge in [0.25, 0.3) is 0 Å². The number of benzene rings is 1. The van der Waals surface area contributed by atoms with E-state index < -0.39 is 0 Å². The average molecular weight is 237 g/mol. The van der Waals surface area contributed by atoms with Crippen LogP contribution in [0.4, 0.5) is 5.69 Å². The number of nitrogens with zero attached hydrogens (tertiary/aromatic N) is 3. The smallest absolute Gasteiger partial charge is 0.145 e. The van der Waals surface area contributed by atoms with Gasteiger partial charge in [-0.15, -0.1) is 0 Å². The quantitative estimate of drug-likeness (QED) is 0.890. The molecule has 16 heavy (non-hydrogen) atoms. The van der Waals surface area contributed by atoms with E-state index in [0.29, 0.717) is 6.54 Å². The summed E-state index contributed by atoms with van der Waals surface area (Å²) in [5.41, 5.74) is 2.07. The highest BCUT2D eigenvalue weighted by molar-refractivity contribution is 6.31. The van der Waals surface area contributed by atoms with E-state index in [9.17, 15) is 0 Å². The van der Waals surface area contributed by atoms with E-state index in [2.05, 4.69) is 15.4 Å². The van der Waals surface area contributed by atoms with Gasteiger partial charge in [-0.05, 0) is 24.6 Å². The van der Waals surface area contributed by atoms with Crippen LogP contribution in [0.5, 0.6) is 0 Å². The van der Waals surface area contributed by atoms with Crippen LogP contribution in [0.15, 0.2) is 24.5 Å². The van der Waals surface area contributed by atoms with Crippen molar-refractivity contribution in [2.45, 2.75) is 13.5 Å². The van der Waals surface area contributed by atoms with Crippen LogP contribution < -0.4 is 5.32 Å². The van der Waals surface area contributed by atoms with Gasteiger partial charge in [0.15, 0.2) is 0 Å². The molecule has 0 radical (unpaired) electrons. The summed E-state index contributed by atoms with van der Waals surface area (Å²) in [6, 6.07) is 5.80. The zero-order valence-electron chi connectivity index (χ0n) is 9.24. The summed E-state index contributed by atoms with van der Waals surface area (Å²) in [5, 5.41) is 8.06. The fourth-order valence-corrected chi connectivity index (χ4v) is 1.63. The third kappa shape index (κ3) is 2.17. The highest BCUT2D eigenvalue weighted by atomic mass is 35.5. The highest BCUT2D eigenvalue weighted by Gasteiger charge is 2.03. The second kappa shape index (κ2) is 4.53. The number of rotatable bonds is 3. The zero-order chi connectivity index (χ0) is 11.5. The van der Waals surface area contributed by atoms with Gasteiger partial charge in [0, 0.05) is 17.8 Å².